The molecule has 1 N–H and O–H groups in total. The summed E-state index contributed by atoms with van der Waals surface area (Å²) in [7, 11) is 0. The zero-order chi connectivity index (χ0) is 12.4. The fourth-order valence-corrected chi connectivity index (χ4v) is 3.94. The number of hydrogen-bond donors (Lipinski definition) is 1. The minimum Gasteiger partial charge on any atom is -0.388 e. The summed E-state index contributed by atoms with van der Waals surface area (Å²) < 4.78 is 1.18. The summed E-state index contributed by atoms with van der Waals surface area (Å²) in [5.74, 6) is 1.93. The average molecular weight is 344 g/mol. The zero-order valence-corrected chi connectivity index (χ0v) is 12.7. The maximum absolute atomic E-state index is 10.6. The second kappa shape index (κ2) is 5.70. The van der Waals surface area contributed by atoms with Gasteiger partial charge >= 0.3 is 0 Å². The van der Waals surface area contributed by atoms with Crippen LogP contribution in [0.4, 0.5) is 0 Å². The van der Waals surface area contributed by atoms with E-state index in [1.165, 1.54) is 9.99 Å². The van der Waals surface area contributed by atoms with E-state index in [0.717, 1.165) is 30.2 Å². The summed E-state index contributed by atoms with van der Waals surface area (Å²) in [6.07, 6.45) is 3.36. The zero-order valence-electron chi connectivity index (χ0n) is 10.6. The quantitative estimate of drug-likeness (QED) is 0.789. The molecule has 0 radical (unpaired) electrons. The Kier molecular flexibility index (Phi) is 4.47. The number of aliphatic hydroxyl groups is 1. The topological polar surface area (TPSA) is 20.2 Å². The Morgan fingerprint density at radius 1 is 1.12 bits per heavy atom. The summed E-state index contributed by atoms with van der Waals surface area (Å²) in [5, 5.41) is 10.6. The van der Waals surface area contributed by atoms with Gasteiger partial charge in [-0.1, -0.05) is 32.0 Å². The first-order chi connectivity index (χ1) is 8.08. The third-order valence-corrected chi connectivity index (χ3v) is 4.87. The van der Waals surface area contributed by atoms with E-state index in [2.05, 4.69) is 48.6 Å². The van der Waals surface area contributed by atoms with Gasteiger partial charge in [0.1, 0.15) is 0 Å². The van der Waals surface area contributed by atoms with E-state index in [4.69, 9.17) is 0 Å². The summed E-state index contributed by atoms with van der Waals surface area (Å²) in [6, 6.07) is 8.20. The molecule has 0 aromatic heterocycles. The minimum atomic E-state index is -0.284. The van der Waals surface area contributed by atoms with Gasteiger partial charge < -0.3 is 5.11 Å². The van der Waals surface area contributed by atoms with Crippen LogP contribution in [-0.4, -0.2) is 5.11 Å². The second-order valence-corrected chi connectivity index (χ2v) is 6.81. The van der Waals surface area contributed by atoms with Crippen LogP contribution in [-0.2, 0) is 0 Å². The lowest BCUT2D eigenvalue weighted by Gasteiger charge is -2.34. The molecule has 1 aromatic carbocycles. The van der Waals surface area contributed by atoms with Crippen LogP contribution in [0.25, 0.3) is 0 Å². The third-order valence-electron chi connectivity index (χ3n) is 3.89. The second-order valence-electron chi connectivity index (χ2n) is 5.64. The number of rotatable bonds is 2. The van der Waals surface area contributed by atoms with Crippen LogP contribution >= 0.6 is 22.6 Å². The molecule has 0 heterocycles. The highest BCUT2D eigenvalue weighted by Crippen LogP contribution is 2.40. The van der Waals surface area contributed by atoms with Crippen molar-refractivity contribution in [2.24, 2.45) is 17.8 Å². The molecule has 2 heteroatoms. The van der Waals surface area contributed by atoms with E-state index >= 15 is 0 Å². The van der Waals surface area contributed by atoms with Crippen LogP contribution in [0.1, 0.15) is 44.8 Å². The molecule has 3 unspecified atom stereocenters. The molecule has 94 valence electrons. The van der Waals surface area contributed by atoms with E-state index in [1.54, 1.807) is 0 Å². The summed E-state index contributed by atoms with van der Waals surface area (Å²) >= 11 is 2.32. The van der Waals surface area contributed by atoms with Gasteiger partial charge in [0.05, 0.1) is 6.10 Å². The largest absolute Gasteiger partial charge is 0.388 e. The van der Waals surface area contributed by atoms with Crippen molar-refractivity contribution in [1.29, 1.82) is 0 Å². The Morgan fingerprint density at radius 3 is 2.29 bits per heavy atom. The fraction of sp³-hybridized carbons (Fsp3) is 0.600. The lowest BCUT2D eigenvalue weighted by molar-refractivity contribution is 0.0546. The number of aliphatic hydroxyl groups excluding tert-OH is 1. The van der Waals surface area contributed by atoms with Gasteiger partial charge in [-0.15, -0.1) is 0 Å². The molecule has 0 aliphatic heterocycles. The molecule has 1 fully saturated rings. The van der Waals surface area contributed by atoms with Crippen molar-refractivity contribution in [1.82, 2.24) is 0 Å². The van der Waals surface area contributed by atoms with Crippen LogP contribution in [0.15, 0.2) is 24.3 Å². The highest BCUT2D eigenvalue weighted by atomic mass is 127. The Labute approximate surface area is 118 Å². The van der Waals surface area contributed by atoms with E-state index < -0.39 is 0 Å². The van der Waals surface area contributed by atoms with Crippen molar-refractivity contribution in [3.05, 3.63) is 33.4 Å². The van der Waals surface area contributed by atoms with Gasteiger partial charge in [-0.05, 0) is 71.2 Å². The van der Waals surface area contributed by atoms with Crippen molar-refractivity contribution in [2.75, 3.05) is 0 Å². The average Bonchev–Trinajstić information content (AvgIpc) is 2.27. The van der Waals surface area contributed by atoms with Gasteiger partial charge in [0.2, 0.25) is 0 Å². The van der Waals surface area contributed by atoms with Gasteiger partial charge in [-0.25, -0.2) is 0 Å². The molecule has 1 aliphatic carbocycles. The first-order valence-corrected chi connectivity index (χ1v) is 7.58. The maximum Gasteiger partial charge on any atom is 0.0828 e. The van der Waals surface area contributed by atoms with E-state index in [-0.39, 0.29) is 6.10 Å². The first kappa shape index (κ1) is 13.3. The first-order valence-electron chi connectivity index (χ1n) is 6.50. The molecule has 1 aliphatic rings. The van der Waals surface area contributed by atoms with Crippen molar-refractivity contribution in [2.45, 2.75) is 39.2 Å². The highest BCUT2D eigenvalue weighted by Gasteiger charge is 2.30. The number of hydrogen-bond acceptors (Lipinski definition) is 1. The third kappa shape index (κ3) is 3.22. The molecule has 0 spiro atoms. The van der Waals surface area contributed by atoms with Crippen molar-refractivity contribution >= 4 is 22.6 Å². The molecule has 0 amide bonds. The molecule has 17 heavy (non-hydrogen) atoms. The highest BCUT2D eigenvalue weighted by molar-refractivity contribution is 14.1. The Balaban J connectivity index is 2.14. The molecule has 1 nitrogen and oxygen atoms in total. The minimum absolute atomic E-state index is 0.284. The van der Waals surface area contributed by atoms with Gasteiger partial charge in [-0.2, -0.15) is 0 Å². The Bertz CT molecular complexity index is 367. The Morgan fingerprint density at radius 2 is 1.71 bits per heavy atom. The molecular formula is C15H21IO. The van der Waals surface area contributed by atoms with E-state index in [0.29, 0.717) is 5.92 Å². The smallest absolute Gasteiger partial charge is 0.0828 e. The molecule has 1 aromatic rings. The lowest BCUT2D eigenvalue weighted by Crippen LogP contribution is -2.25. The molecule has 3 atom stereocenters. The monoisotopic (exact) mass is 344 g/mol. The van der Waals surface area contributed by atoms with Gasteiger partial charge in [0.15, 0.2) is 0 Å². The fourth-order valence-electron chi connectivity index (χ4n) is 3.24. The predicted octanol–water partition coefficient (Wildman–Crippen LogP) is 4.40. The number of halogens is 1. The lowest BCUT2D eigenvalue weighted by atomic mass is 9.73. The van der Waals surface area contributed by atoms with Crippen LogP contribution in [0.5, 0.6) is 0 Å². The molecule has 2 rings (SSSR count). The maximum atomic E-state index is 10.6. The molecule has 1 saturated carbocycles. The van der Waals surface area contributed by atoms with Crippen LogP contribution in [0, 0.1) is 21.3 Å². The number of benzene rings is 1. The normalized spacial score (nSPS) is 31.2. The Hall–Kier alpha value is -0.0900. The van der Waals surface area contributed by atoms with E-state index in [9.17, 15) is 5.11 Å². The van der Waals surface area contributed by atoms with Gasteiger partial charge in [0.25, 0.3) is 0 Å². The van der Waals surface area contributed by atoms with Crippen LogP contribution in [0.3, 0.4) is 0 Å². The molecule has 0 saturated heterocycles. The van der Waals surface area contributed by atoms with Crippen LogP contribution < -0.4 is 0 Å². The summed E-state index contributed by atoms with van der Waals surface area (Å²) in [4.78, 5) is 0. The standard InChI is InChI=1S/C15H21IO/c1-10-7-11(2)9-12(8-10)15(17)13-5-3-4-6-14(13)16/h3-6,10-12,15,17H,7-9H2,1-2H3. The molecular weight excluding hydrogens is 323 g/mol. The van der Waals surface area contributed by atoms with Crippen molar-refractivity contribution in [3.63, 3.8) is 0 Å². The van der Waals surface area contributed by atoms with Crippen LogP contribution in [0.2, 0.25) is 0 Å². The molecule has 0 bridgehead atoms. The van der Waals surface area contributed by atoms with E-state index in [1.807, 2.05) is 12.1 Å². The van der Waals surface area contributed by atoms with Gasteiger partial charge in [0, 0.05) is 3.57 Å². The summed E-state index contributed by atoms with van der Waals surface area (Å²) in [6.45, 7) is 4.62. The predicted molar refractivity (Wildman–Crippen MR) is 79.8 cm³/mol. The summed E-state index contributed by atoms with van der Waals surface area (Å²) in [5.41, 5.74) is 1.11. The SMILES string of the molecule is CC1CC(C)CC(C(O)c2ccccc2I)C1. The van der Waals surface area contributed by atoms with Crippen molar-refractivity contribution in [3.8, 4) is 0 Å². The van der Waals surface area contributed by atoms with Crippen molar-refractivity contribution < 1.29 is 5.11 Å². The van der Waals surface area contributed by atoms with Gasteiger partial charge in [-0.3, -0.25) is 0 Å².